The molecule has 2 aliphatic rings. The highest BCUT2D eigenvalue weighted by Crippen LogP contribution is 2.46. The smallest absolute Gasteiger partial charge is 0.267 e. The van der Waals surface area contributed by atoms with Gasteiger partial charge in [-0.05, 0) is 55.7 Å². The molecule has 1 N–H and O–H groups in total. The number of rotatable bonds is 5. The summed E-state index contributed by atoms with van der Waals surface area (Å²) in [6, 6.07) is 22.3. The Kier molecular flexibility index (Phi) is 6.70. The Morgan fingerprint density at radius 1 is 0.946 bits per heavy atom. The van der Waals surface area contributed by atoms with E-state index in [1.165, 1.54) is 4.90 Å². The summed E-state index contributed by atoms with van der Waals surface area (Å²) in [6.07, 6.45) is 0. The number of hydrogen-bond donors (Lipinski definition) is 1. The Labute approximate surface area is 225 Å². The maximum atomic E-state index is 13.7. The normalized spacial score (nSPS) is 17.9. The summed E-state index contributed by atoms with van der Waals surface area (Å²) in [6.45, 7) is 5.73. The molecule has 0 radical (unpaired) electrons. The number of carbonyl (C=O) groups excluding carboxylic acids is 3. The van der Waals surface area contributed by atoms with Crippen molar-refractivity contribution in [1.29, 1.82) is 0 Å². The van der Waals surface area contributed by atoms with Crippen molar-refractivity contribution in [3.63, 3.8) is 0 Å². The van der Waals surface area contributed by atoms with Gasteiger partial charge in [0, 0.05) is 11.3 Å². The number of benzene rings is 3. The molecule has 1 atom stereocenters. The number of thiocarbonyl (C=S) groups is 1. The minimum Gasteiger partial charge on any atom is -0.325 e. The summed E-state index contributed by atoms with van der Waals surface area (Å²) in [5, 5.41) is 2.88. The van der Waals surface area contributed by atoms with Crippen LogP contribution in [0.25, 0.3) is 5.57 Å². The first-order chi connectivity index (χ1) is 17.8. The van der Waals surface area contributed by atoms with Gasteiger partial charge in [-0.3, -0.25) is 24.2 Å². The van der Waals surface area contributed by atoms with Gasteiger partial charge in [-0.15, -0.1) is 0 Å². The van der Waals surface area contributed by atoms with Crippen molar-refractivity contribution in [3.05, 3.63) is 100.0 Å². The van der Waals surface area contributed by atoms with Crippen LogP contribution in [0.15, 0.2) is 77.7 Å². The van der Waals surface area contributed by atoms with E-state index in [1.54, 1.807) is 17.0 Å². The second kappa shape index (κ2) is 9.95. The van der Waals surface area contributed by atoms with Crippen molar-refractivity contribution in [3.8, 4) is 0 Å². The number of carbonyl (C=O) groups is 3. The predicted molar refractivity (Wildman–Crippen MR) is 152 cm³/mol. The predicted octanol–water partition coefficient (Wildman–Crippen LogP) is 5.62. The molecule has 0 aliphatic carbocycles. The van der Waals surface area contributed by atoms with Crippen molar-refractivity contribution in [2.24, 2.45) is 0 Å². The Morgan fingerprint density at radius 3 is 2.38 bits per heavy atom. The molecule has 6 nitrogen and oxygen atoms in total. The molecule has 5 rings (SSSR count). The average Bonchev–Trinajstić information content (AvgIpc) is 3.33. The van der Waals surface area contributed by atoms with E-state index in [2.05, 4.69) is 5.32 Å². The molecule has 0 saturated carbocycles. The molecule has 8 heteroatoms. The number of nitrogens with one attached hydrogen (secondary N) is 1. The third-order valence-corrected chi connectivity index (χ3v) is 8.11. The lowest BCUT2D eigenvalue weighted by molar-refractivity contribution is -0.123. The van der Waals surface area contributed by atoms with Gasteiger partial charge in [-0.2, -0.15) is 0 Å². The molecule has 0 aromatic heterocycles. The molecular formula is C29H25N3O3S2. The van der Waals surface area contributed by atoms with Gasteiger partial charge in [0.2, 0.25) is 5.91 Å². The molecule has 0 spiro atoms. The van der Waals surface area contributed by atoms with Gasteiger partial charge in [0.05, 0.1) is 22.2 Å². The van der Waals surface area contributed by atoms with E-state index in [4.69, 9.17) is 12.2 Å². The highest BCUT2D eigenvalue weighted by atomic mass is 32.2. The third kappa shape index (κ3) is 4.58. The van der Waals surface area contributed by atoms with Gasteiger partial charge in [0.25, 0.3) is 11.8 Å². The summed E-state index contributed by atoms with van der Waals surface area (Å²) < 4.78 is 0.403. The lowest BCUT2D eigenvalue weighted by Crippen LogP contribution is -2.35. The van der Waals surface area contributed by atoms with Crippen LogP contribution >= 0.6 is 24.0 Å². The molecule has 2 heterocycles. The Bertz CT molecular complexity index is 1480. The second-order valence-electron chi connectivity index (χ2n) is 9.09. The first kappa shape index (κ1) is 24.9. The van der Waals surface area contributed by atoms with Crippen LogP contribution < -0.4 is 10.2 Å². The molecule has 37 heavy (non-hydrogen) atoms. The number of anilines is 2. The summed E-state index contributed by atoms with van der Waals surface area (Å²) >= 11 is 6.72. The molecule has 3 aromatic carbocycles. The van der Waals surface area contributed by atoms with Gasteiger partial charge < -0.3 is 5.32 Å². The highest BCUT2D eigenvalue weighted by Gasteiger charge is 2.43. The van der Waals surface area contributed by atoms with Crippen LogP contribution in [0.3, 0.4) is 0 Å². The van der Waals surface area contributed by atoms with Crippen molar-refractivity contribution >= 4 is 63.0 Å². The van der Waals surface area contributed by atoms with Crippen LogP contribution in [0.5, 0.6) is 0 Å². The van der Waals surface area contributed by atoms with Crippen LogP contribution in [0, 0.1) is 13.8 Å². The monoisotopic (exact) mass is 527 g/mol. The van der Waals surface area contributed by atoms with Gasteiger partial charge >= 0.3 is 0 Å². The van der Waals surface area contributed by atoms with Crippen LogP contribution in [-0.2, 0) is 14.4 Å². The first-order valence-corrected chi connectivity index (χ1v) is 13.1. The minimum absolute atomic E-state index is 0.174. The minimum atomic E-state index is -0.385. The third-order valence-electron chi connectivity index (χ3n) is 6.71. The zero-order valence-electron chi connectivity index (χ0n) is 20.6. The SMILES string of the molecule is Cc1ccc(NC(=O)CN2C(=O)/C(=C3\SC(=S)N([C@H](C)c4ccccc4)C3=O)c3ccccc32)cc1C. The van der Waals surface area contributed by atoms with E-state index in [9.17, 15) is 14.4 Å². The Morgan fingerprint density at radius 2 is 1.65 bits per heavy atom. The van der Waals surface area contributed by atoms with Crippen molar-refractivity contribution < 1.29 is 14.4 Å². The second-order valence-corrected chi connectivity index (χ2v) is 10.7. The van der Waals surface area contributed by atoms with Gasteiger partial charge in [-0.1, -0.05) is 78.6 Å². The number of hydrogen-bond acceptors (Lipinski definition) is 5. The van der Waals surface area contributed by atoms with Crippen LogP contribution in [0.1, 0.15) is 35.2 Å². The van der Waals surface area contributed by atoms with Crippen molar-refractivity contribution in [2.75, 3.05) is 16.8 Å². The summed E-state index contributed by atoms with van der Waals surface area (Å²) in [5.74, 6) is -1.01. The number of amides is 3. The zero-order valence-corrected chi connectivity index (χ0v) is 22.3. The Hall–Kier alpha value is -3.75. The van der Waals surface area contributed by atoms with Crippen LogP contribution in [0.2, 0.25) is 0 Å². The molecule has 3 aromatic rings. The summed E-state index contributed by atoms with van der Waals surface area (Å²) in [7, 11) is 0. The fraction of sp³-hybridized carbons (Fsp3) is 0.172. The maximum Gasteiger partial charge on any atom is 0.267 e. The van der Waals surface area contributed by atoms with E-state index in [0.717, 1.165) is 28.5 Å². The molecule has 1 fully saturated rings. The fourth-order valence-corrected chi connectivity index (χ4v) is 6.05. The van der Waals surface area contributed by atoms with Crippen molar-refractivity contribution in [1.82, 2.24) is 4.90 Å². The van der Waals surface area contributed by atoms with Crippen LogP contribution in [0.4, 0.5) is 11.4 Å². The summed E-state index contributed by atoms with van der Waals surface area (Å²) in [5.41, 5.74) is 5.32. The van der Waals surface area contributed by atoms with E-state index >= 15 is 0 Å². The molecule has 1 saturated heterocycles. The average molecular weight is 528 g/mol. The first-order valence-electron chi connectivity index (χ1n) is 11.9. The van der Waals surface area contributed by atoms with E-state index in [0.29, 0.717) is 26.2 Å². The van der Waals surface area contributed by atoms with Gasteiger partial charge in [-0.25, -0.2) is 0 Å². The van der Waals surface area contributed by atoms with E-state index in [1.807, 2.05) is 81.4 Å². The zero-order chi connectivity index (χ0) is 26.3. The number of para-hydroxylation sites is 1. The van der Waals surface area contributed by atoms with Gasteiger partial charge in [0.1, 0.15) is 10.9 Å². The highest BCUT2D eigenvalue weighted by molar-refractivity contribution is 8.26. The topological polar surface area (TPSA) is 69.7 Å². The molecule has 186 valence electrons. The molecule has 3 amide bonds. The number of aryl methyl sites for hydroxylation is 2. The molecule has 0 bridgehead atoms. The lowest BCUT2D eigenvalue weighted by atomic mass is 10.1. The number of fused-ring (bicyclic) bond motifs is 1. The quantitative estimate of drug-likeness (QED) is 0.345. The van der Waals surface area contributed by atoms with E-state index in [-0.39, 0.29) is 35.9 Å². The van der Waals surface area contributed by atoms with Crippen LogP contribution in [-0.4, -0.2) is 33.5 Å². The number of thioether (sulfide) groups is 1. The van der Waals surface area contributed by atoms with Crippen molar-refractivity contribution in [2.45, 2.75) is 26.8 Å². The molecule has 2 aliphatic heterocycles. The van der Waals surface area contributed by atoms with Gasteiger partial charge in [0.15, 0.2) is 0 Å². The molecular weight excluding hydrogens is 502 g/mol. The summed E-state index contributed by atoms with van der Waals surface area (Å²) in [4.78, 5) is 43.5. The number of nitrogens with zero attached hydrogens (tertiary/aromatic N) is 2. The largest absolute Gasteiger partial charge is 0.325 e. The molecule has 0 unspecified atom stereocenters. The lowest BCUT2D eigenvalue weighted by Gasteiger charge is -2.23. The Balaban J connectivity index is 1.44. The fourth-order valence-electron chi connectivity index (χ4n) is 4.56. The standard InChI is InChI=1S/C29H25N3O3S2/c1-17-13-14-21(15-18(17)2)30-24(33)16-31-23-12-8-7-11-22(23)25(27(31)34)26-28(35)32(29(36)37-26)19(3)20-9-5-4-6-10-20/h4-15,19H,16H2,1-3H3,(H,30,33)/b26-25-/t19-/m1/s1. The maximum absolute atomic E-state index is 13.7. The van der Waals surface area contributed by atoms with E-state index < -0.39 is 0 Å².